The third-order valence-electron chi connectivity index (χ3n) is 3.82. The number of anilines is 1. The number of halogens is 1. The lowest BCUT2D eigenvalue weighted by Gasteiger charge is -2.13. The zero-order valence-corrected chi connectivity index (χ0v) is 13.7. The number of rotatable bonds is 4. The van der Waals surface area contributed by atoms with Gasteiger partial charge in [-0.2, -0.15) is 5.26 Å². The van der Waals surface area contributed by atoms with Gasteiger partial charge in [-0.05, 0) is 30.3 Å². The van der Waals surface area contributed by atoms with Crippen LogP contribution in [0.1, 0.15) is 32.7 Å². The number of hydrogen-bond donors (Lipinski definition) is 1. The molecule has 0 saturated heterocycles. The molecule has 0 spiro atoms. The van der Waals surface area contributed by atoms with Crippen molar-refractivity contribution in [3.63, 3.8) is 0 Å². The summed E-state index contributed by atoms with van der Waals surface area (Å²) in [4.78, 5) is 37.7. The van der Waals surface area contributed by atoms with Gasteiger partial charge in [0.1, 0.15) is 6.07 Å². The Labute approximate surface area is 148 Å². The summed E-state index contributed by atoms with van der Waals surface area (Å²) < 4.78 is 0. The zero-order valence-electron chi connectivity index (χ0n) is 13.0. The minimum Gasteiger partial charge on any atom is -0.325 e. The number of fused-ring (bicyclic) bond motifs is 1. The van der Waals surface area contributed by atoms with Crippen molar-refractivity contribution >= 4 is 35.0 Å². The second-order valence-corrected chi connectivity index (χ2v) is 5.84. The van der Waals surface area contributed by atoms with Crippen LogP contribution in [0.3, 0.4) is 0 Å². The Morgan fingerprint density at radius 2 is 1.84 bits per heavy atom. The number of carbonyl (C=O) groups is 3. The molecule has 0 aromatic heterocycles. The van der Waals surface area contributed by atoms with Gasteiger partial charge >= 0.3 is 0 Å². The van der Waals surface area contributed by atoms with Gasteiger partial charge < -0.3 is 5.32 Å². The number of carbonyl (C=O) groups excluding carboxylic acids is 3. The molecule has 1 N–H and O–H groups in total. The van der Waals surface area contributed by atoms with Crippen LogP contribution in [-0.2, 0) is 4.79 Å². The molecule has 0 atom stereocenters. The van der Waals surface area contributed by atoms with E-state index >= 15 is 0 Å². The highest BCUT2D eigenvalue weighted by atomic mass is 35.5. The van der Waals surface area contributed by atoms with E-state index in [1.807, 2.05) is 6.07 Å². The number of para-hydroxylation sites is 1. The van der Waals surface area contributed by atoms with Gasteiger partial charge in [-0.25, -0.2) is 0 Å². The van der Waals surface area contributed by atoms with Crippen LogP contribution in [0.4, 0.5) is 5.69 Å². The van der Waals surface area contributed by atoms with E-state index in [4.69, 9.17) is 16.9 Å². The van der Waals surface area contributed by atoms with Crippen molar-refractivity contribution in [2.75, 3.05) is 11.9 Å². The molecule has 2 aromatic rings. The number of imide groups is 1. The molecule has 3 rings (SSSR count). The van der Waals surface area contributed by atoms with Crippen LogP contribution in [0.15, 0.2) is 42.5 Å². The van der Waals surface area contributed by atoms with Crippen molar-refractivity contribution in [1.29, 1.82) is 5.26 Å². The summed E-state index contributed by atoms with van der Waals surface area (Å²) in [5.74, 6) is -1.30. The topological polar surface area (TPSA) is 90.3 Å². The van der Waals surface area contributed by atoms with Gasteiger partial charge in [-0.1, -0.05) is 23.7 Å². The summed E-state index contributed by atoms with van der Waals surface area (Å²) in [6.07, 6.45) is -0.0705. The molecule has 1 aliphatic heterocycles. The molecule has 25 heavy (non-hydrogen) atoms. The first kappa shape index (κ1) is 16.7. The number of amides is 3. The van der Waals surface area contributed by atoms with Crippen LogP contribution in [0, 0.1) is 11.3 Å². The van der Waals surface area contributed by atoms with Crippen LogP contribution in [0.2, 0.25) is 5.02 Å². The van der Waals surface area contributed by atoms with E-state index in [-0.39, 0.29) is 24.1 Å². The molecule has 0 bridgehead atoms. The van der Waals surface area contributed by atoms with Gasteiger partial charge in [-0.15, -0.1) is 0 Å². The predicted octanol–water partition coefficient (Wildman–Crippen LogP) is 2.84. The number of nitrogens with zero attached hydrogens (tertiary/aromatic N) is 2. The van der Waals surface area contributed by atoms with Crippen LogP contribution in [0.25, 0.3) is 0 Å². The SMILES string of the molecule is N#Cc1ccccc1NC(=O)CCN1C(=O)c2ccc(Cl)cc2C1=O. The first-order valence-corrected chi connectivity index (χ1v) is 7.84. The lowest BCUT2D eigenvalue weighted by atomic mass is 10.1. The maximum absolute atomic E-state index is 12.3. The molecule has 6 nitrogen and oxygen atoms in total. The third kappa shape index (κ3) is 3.23. The molecule has 3 amide bonds. The molecular formula is C18H12ClN3O3. The quantitative estimate of drug-likeness (QED) is 0.856. The maximum Gasteiger partial charge on any atom is 0.261 e. The van der Waals surface area contributed by atoms with Gasteiger partial charge in [0.15, 0.2) is 0 Å². The number of nitrogens with one attached hydrogen (secondary N) is 1. The molecule has 1 heterocycles. The Balaban J connectivity index is 1.66. The molecule has 0 saturated carbocycles. The van der Waals surface area contributed by atoms with Crippen molar-refractivity contribution in [1.82, 2.24) is 4.90 Å². The standard InChI is InChI=1S/C18H12ClN3O3/c19-12-5-6-13-14(9-12)18(25)22(17(13)24)8-7-16(23)21-15-4-2-1-3-11(15)10-20/h1-6,9H,7-8H2,(H,21,23). The van der Waals surface area contributed by atoms with Crippen molar-refractivity contribution in [2.24, 2.45) is 0 Å². The molecule has 1 aliphatic rings. The Hall–Kier alpha value is -3.17. The zero-order chi connectivity index (χ0) is 18.0. The fraction of sp³-hybridized carbons (Fsp3) is 0.111. The molecule has 0 aliphatic carbocycles. The van der Waals surface area contributed by atoms with E-state index in [2.05, 4.69) is 5.32 Å². The molecule has 0 radical (unpaired) electrons. The van der Waals surface area contributed by atoms with Crippen molar-refractivity contribution in [2.45, 2.75) is 6.42 Å². The number of nitriles is 1. The van der Waals surface area contributed by atoms with Gasteiger partial charge in [-0.3, -0.25) is 19.3 Å². The van der Waals surface area contributed by atoms with E-state index in [0.717, 1.165) is 4.90 Å². The third-order valence-corrected chi connectivity index (χ3v) is 4.05. The first-order valence-electron chi connectivity index (χ1n) is 7.46. The van der Waals surface area contributed by atoms with E-state index in [0.29, 0.717) is 16.3 Å². The highest BCUT2D eigenvalue weighted by Gasteiger charge is 2.35. The number of hydrogen-bond acceptors (Lipinski definition) is 4. The predicted molar refractivity (Wildman–Crippen MR) is 91.2 cm³/mol. The Morgan fingerprint density at radius 3 is 2.60 bits per heavy atom. The fourth-order valence-electron chi connectivity index (χ4n) is 2.58. The molecule has 124 valence electrons. The van der Waals surface area contributed by atoms with Crippen molar-refractivity contribution < 1.29 is 14.4 Å². The van der Waals surface area contributed by atoms with Crippen LogP contribution >= 0.6 is 11.6 Å². The highest BCUT2D eigenvalue weighted by Crippen LogP contribution is 2.26. The Kier molecular flexibility index (Phi) is 4.50. The summed E-state index contributed by atoms with van der Waals surface area (Å²) in [5, 5.41) is 12.0. The smallest absolute Gasteiger partial charge is 0.261 e. The molecule has 2 aromatic carbocycles. The van der Waals surface area contributed by atoms with Gasteiger partial charge in [0.25, 0.3) is 11.8 Å². The molecule has 0 fully saturated rings. The van der Waals surface area contributed by atoms with Gasteiger partial charge in [0, 0.05) is 18.0 Å². The average Bonchev–Trinajstić information content (AvgIpc) is 2.84. The molecule has 0 unspecified atom stereocenters. The van der Waals surface area contributed by atoms with Crippen LogP contribution in [-0.4, -0.2) is 29.2 Å². The average molecular weight is 354 g/mol. The minimum atomic E-state index is -0.465. The summed E-state index contributed by atoms with van der Waals surface area (Å²) in [6, 6.07) is 13.1. The van der Waals surface area contributed by atoms with E-state index in [9.17, 15) is 14.4 Å². The lowest BCUT2D eigenvalue weighted by molar-refractivity contribution is -0.116. The molecule has 7 heteroatoms. The maximum atomic E-state index is 12.3. The summed E-state index contributed by atoms with van der Waals surface area (Å²) in [6.45, 7) is -0.0511. The van der Waals surface area contributed by atoms with Crippen molar-refractivity contribution in [3.8, 4) is 6.07 Å². The highest BCUT2D eigenvalue weighted by molar-refractivity contribution is 6.32. The van der Waals surface area contributed by atoms with E-state index in [1.165, 1.54) is 12.1 Å². The normalized spacial score (nSPS) is 12.7. The summed E-state index contributed by atoms with van der Waals surface area (Å²) in [7, 11) is 0. The van der Waals surface area contributed by atoms with E-state index < -0.39 is 17.7 Å². The van der Waals surface area contributed by atoms with Gasteiger partial charge in [0.05, 0.1) is 22.4 Å². The second-order valence-electron chi connectivity index (χ2n) is 5.41. The van der Waals surface area contributed by atoms with Crippen LogP contribution in [0.5, 0.6) is 0 Å². The Bertz CT molecular complexity index is 933. The summed E-state index contributed by atoms with van der Waals surface area (Å²) in [5.41, 5.74) is 1.26. The van der Waals surface area contributed by atoms with E-state index in [1.54, 1.807) is 30.3 Å². The lowest BCUT2D eigenvalue weighted by Crippen LogP contribution is -2.32. The largest absolute Gasteiger partial charge is 0.325 e. The monoisotopic (exact) mass is 353 g/mol. The van der Waals surface area contributed by atoms with Gasteiger partial charge in [0.2, 0.25) is 5.91 Å². The Morgan fingerprint density at radius 1 is 1.12 bits per heavy atom. The fourth-order valence-corrected chi connectivity index (χ4v) is 2.75. The van der Waals surface area contributed by atoms with Crippen LogP contribution < -0.4 is 5.32 Å². The summed E-state index contributed by atoms with van der Waals surface area (Å²) >= 11 is 5.86. The minimum absolute atomic E-state index is 0.0511. The first-order chi connectivity index (χ1) is 12.0. The van der Waals surface area contributed by atoms with Crippen molar-refractivity contribution in [3.05, 3.63) is 64.2 Å². The number of benzene rings is 2. The second kappa shape index (κ2) is 6.75. The molecular weight excluding hydrogens is 342 g/mol.